The molecular formula is C24H27N3O3S. The first-order chi connectivity index (χ1) is 15.2. The van der Waals surface area contributed by atoms with Gasteiger partial charge in [0, 0.05) is 50.4 Å². The second-order valence-corrected chi connectivity index (χ2v) is 8.67. The molecule has 0 spiro atoms. The third-order valence-corrected chi connectivity index (χ3v) is 6.72. The maximum Gasteiger partial charge on any atom is 0.252 e. The third kappa shape index (κ3) is 5.12. The van der Waals surface area contributed by atoms with E-state index in [4.69, 9.17) is 4.74 Å². The van der Waals surface area contributed by atoms with E-state index in [1.54, 1.807) is 19.4 Å². The summed E-state index contributed by atoms with van der Waals surface area (Å²) >= 11 is 1.83. The molecule has 3 heterocycles. The highest BCUT2D eigenvalue weighted by Gasteiger charge is 2.26. The second-order valence-electron chi connectivity index (χ2n) is 7.67. The van der Waals surface area contributed by atoms with Gasteiger partial charge in [0.05, 0.1) is 18.2 Å². The van der Waals surface area contributed by atoms with E-state index < -0.39 is 0 Å². The fourth-order valence-corrected chi connectivity index (χ4v) is 4.88. The van der Waals surface area contributed by atoms with Gasteiger partial charge in [-0.2, -0.15) is 0 Å². The third-order valence-electron chi connectivity index (χ3n) is 5.70. The van der Waals surface area contributed by atoms with Crippen LogP contribution in [0.2, 0.25) is 0 Å². The lowest BCUT2D eigenvalue weighted by molar-refractivity contribution is 0.0927. The summed E-state index contributed by atoms with van der Waals surface area (Å²) in [7, 11) is 1.59. The number of fused-ring (bicyclic) bond motifs is 1. The summed E-state index contributed by atoms with van der Waals surface area (Å²) in [6.45, 7) is 3.18. The van der Waals surface area contributed by atoms with Crippen LogP contribution < -0.4 is 10.9 Å². The van der Waals surface area contributed by atoms with Crippen LogP contribution in [0.4, 0.5) is 0 Å². The van der Waals surface area contributed by atoms with E-state index in [9.17, 15) is 9.59 Å². The number of carbonyl (C=O) groups is 1. The van der Waals surface area contributed by atoms with Gasteiger partial charge in [-0.3, -0.25) is 14.5 Å². The van der Waals surface area contributed by atoms with Crippen molar-refractivity contribution in [3.8, 4) is 0 Å². The number of nitrogens with zero attached hydrogens (tertiary/aromatic N) is 2. The summed E-state index contributed by atoms with van der Waals surface area (Å²) in [5.74, 6) is -0.180. The highest BCUT2D eigenvalue weighted by atomic mass is 32.1. The van der Waals surface area contributed by atoms with E-state index in [2.05, 4.69) is 33.8 Å². The fourth-order valence-electron chi connectivity index (χ4n) is 3.99. The summed E-state index contributed by atoms with van der Waals surface area (Å²) in [4.78, 5) is 28.8. The quantitative estimate of drug-likeness (QED) is 0.588. The molecule has 1 aliphatic heterocycles. The van der Waals surface area contributed by atoms with Crippen LogP contribution in [0.1, 0.15) is 32.4 Å². The predicted molar refractivity (Wildman–Crippen MR) is 123 cm³/mol. The van der Waals surface area contributed by atoms with Gasteiger partial charge in [-0.15, -0.1) is 11.3 Å². The van der Waals surface area contributed by atoms with Crippen LogP contribution >= 0.6 is 11.3 Å². The number of benzene rings is 1. The van der Waals surface area contributed by atoms with Gasteiger partial charge in [0.2, 0.25) is 0 Å². The van der Waals surface area contributed by atoms with Crippen molar-refractivity contribution < 1.29 is 9.53 Å². The maximum absolute atomic E-state index is 12.9. The number of carbonyl (C=O) groups excluding carboxylic acids is 1. The van der Waals surface area contributed by atoms with Crippen LogP contribution in [-0.2, 0) is 24.2 Å². The first kappa shape index (κ1) is 21.5. The minimum Gasteiger partial charge on any atom is -0.383 e. The van der Waals surface area contributed by atoms with Crippen LogP contribution in [0.3, 0.4) is 0 Å². The summed E-state index contributed by atoms with van der Waals surface area (Å²) in [6, 6.07) is 15.6. The molecule has 7 heteroatoms. The molecule has 4 rings (SSSR count). The molecule has 31 heavy (non-hydrogen) atoms. The Morgan fingerprint density at radius 1 is 1.19 bits per heavy atom. The number of pyridine rings is 1. The standard InChI is InChI=1S/C24H27N3O3S/c1-30-13-12-27-17-20(7-8-23(27)28)24(29)25-15-21(18-5-3-2-4-6-18)26-11-9-22-19(16-26)10-14-31-22/h2-8,10,14,17,21H,9,11-13,15-16H2,1H3,(H,25,29)/t21-/m0/s1. The second kappa shape index (κ2) is 10.0. The van der Waals surface area contributed by atoms with Gasteiger partial charge in [0.1, 0.15) is 0 Å². The van der Waals surface area contributed by atoms with Crippen molar-refractivity contribution in [1.29, 1.82) is 0 Å². The molecular weight excluding hydrogens is 410 g/mol. The van der Waals surface area contributed by atoms with Crippen molar-refractivity contribution in [3.05, 3.63) is 92.0 Å². The summed E-state index contributed by atoms with van der Waals surface area (Å²) in [6.07, 6.45) is 2.64. The molecule has 2 aromatic heterocycles. The van der Waals surface area contributed by atoms with Crippen LogP contribution in [-0.4, -0.2) is 42.2 Å². The predicted octanol–water partition coefficient (Wildman–Crippen LogP) is 3.09. The first-order valence-corrected chi connectivity index (χ1v) is 11.4. The number of nitrogens with one attached hydrogen (secondary N) is 1. The molecule has 0 aliphatic carbocycles. The average Bonchev–Trinajstić information content (AvgIpc) is 3.27. The molecule has 0 radical (unpaired) electrons. The maximum atomic E-state index is 12.9. The van der Waals surface area contributed by atoms with E-state index in [-0.39, 0.29) is 17.5 Å². The van der Waals surface area contributed by atoms with E-state index >= 15 is 0 Å². The van der Waals surface area contributed by atoms with Gasteiger partial charge in [-0.1, -0.05) is 30.3 Å². The largest absolute Gasteiger partial charge is 0.383 e. The summed E-state index contributed by atoms with van der Waals surface area (Å²) in [5, 5.41) is 5.25. The van der Waals surface area contributed by atoms with Crippen LogP contribution in [0.5, 0.6) is 0 Å². The van der Waals surface area contributed by atoms with Crippen molar-refractivity contribution in [3.63, 3.8) is 0 Å². The molecule has 0 saturated carbocycles. The van der Waals surface area contributed by atoms with Gasteiger partial charge in [0.25, 0.3) is 11.5 Å². The monoisotopic (exact) mass is 437 g/mol. The zero-order valence-electron chi connectivity index (χ0n) is 17.6. The number of amides is 1. The smallest absolute Gasteiger partial charge is 0.252 e. The van der Waals surface area contributed by atoms with Crippen molar-refractivity contribution in [2.75, 3.05) is 26.8 Å². The van der Waals surface area contributed by atoms with Gasteiger partial charge in [-0.05, 0) is 35.1 Å². The number of aromatic nitrogens is 1. The molecule has 0 bridgehead atoms. The van der Waals surface area contributed by atoms with Gasteiger partial charge >= 0.3 is 0 Å². The van der Waals surface area contributed by atoms with E-state index in [0.29, 0.717) is 25.3 Å². The minimum atomic E-state index is -0.180. The van der Waals surface area contributed by atoms with Crippen molar-refractivity contribution in [2.24, 2.45) is 0 Å². The fraction of sp³-hybridized carbons (Fsp3) is 0.333. The molecule has 162 valence electrons. The zero-order valence-corrected chi connectivity index (χ0v) is 18.4. The molecule has 0 fully saturated rings. The van der Waals surface area contributed by atoms with Crippen LogP contribution in [0.15, 0.2) is 64.9 Å². The number of ether oxygens (including phenoxy) is 1. The molecule has 1 amide bonds. The molecule has 1 aliphatic rings. The summed E-state index contributed by atoms with van der Waals surface area (Å²) < 4.78 is 6.56. The molecule has 3 aromatic rings. The highest BCUT2D eigenvalue weighted by molar-refractivity contribution is 7.10. The number of hydrogen-bond acceptors (Lipinski definition) is 5. The molecule has 1 atom stereocenters. The van der Waals surface area contributed by atoms with E-state index in [1.165, 1.54) is 26.6 Å². The zero-order chi connectivity index (χ0) is 21.6. The lowest BCUT2D eigenvalue weighted by atomic mass is 10.0. The van der Waals surface area contributed by atoms with Gasteiger partial charge in [-0.25, -0.2) is 0 Å². The van der Waals surface area contributed by atoms with Crippen molar-refractivity contribution in [1.82, 2.24) is 14.8 Å². The number of hydrogen-bond donors (Lipinski definition) is 1. The molecule has 0 saturated heterocycles. The highest BCUT2D eigenvalue weighted by Crippen LogP contribution is 2.30. The van der Waals surface area contributed by atoms with E-state index in [0.717, 1.165) is 19.5 Å². The van der Waals surface area contributed by atoms with Gasteiger partial charge < -0.3 is 14.6 Å². The Labute approximate surface area is 186 Å². The Balaban J connectivity index is 1.49. The topological polar surface area (TPSA) is 63.6 Å². The Bertz CT molecular complexity index is 1080. The lowest BCUT2D eigenvalue weighted by Crippen LogP contribution is -2.40. The number of rotatable bonds is 8. The van der Waals surface area contributed by atoms with Gasteiger partial charge in [0.15, 0.2) is 0 Å². The SMILES string of the molecule is COCCn1cc(C(=O)NC[C@@H](c2ccccc2)N2CCc3sccc3C2)ccc1=O. The normalized spacial score (nSPS) is 14.7. The minimum absolute atomic E-state index is 0.0811. The Morgan fingerprint density at radius 2 is 2.03 bits per heavy atom. The van der Waals surface area contributed by atoms with Crippen molar-refractivity contribution >= 4 is 17.2 Å². The van der Waals surface area contributed by atoms with Crippen LogP contribution in [0, 0.1) is 0 Å². The lowest BCUT2D eigenvalue weighted by Gasteiger charge is -2.35. The van der Waals surface area contributed by atoms with E-state index in [1.807, 2.05) is 29.5 Å². The first-order valence-electron chi connectivity index (χ1n) is 10.5. The summed E-state index contributed by atoms with van der Waals surface area (Å²) in [5.41, 5.74) is 2.90. The average molecular weight is 438 g/mol. The molecule has 0 unspecified atom stereocenters. The molecule has 1 N–H and O–H groups in total. The Morgan fingerprint density at radius 3 is 2.84 bits per heavy atom. The molecule has 1 aromatic carbocycles. The van der Waals surface area contributed by atoms with Crippen molar-refractivity contribution in [2.45, 2.75) is 25.6 Å². The molecule has 6 nitrogen and oxygen atoms in total. The Kier molecular flexibility index (Phi) is 6.96. The number of methoxy groups -OCH3 is 1. The number of thiophene rings is 1. The van der Waals surface area contributed by atoms with Crippen LogP contribution in [0.25, 0.3) is 0 Å². The Hall–Kier alpha value is -2.74.